The molecular formula is C18H21NO4S. The second-order valence-corrected chi connectivity index (χ2v) is 7.07. The molecule has 24 heavy (non-hydrogen) atoms. The maximum absolute atomic E-state index is 12.2. The zero-order valence-corrected chi connectivity index (χ0v) is 14.6. The van der Waals surface area contributed by atoms with E-state index in [1.54, 1.807) is 0 Å². The Hall–Kier alpha value is -2.18. The summed E-state index contributed by atoms with van der Waals surface area (Å²) in [5.41, 5.74) is 1.51. The second-order valence-electron chi connectivity index (χ2n) is 5.31. The summed E-state index contributed by atoms with van der Waals surface area (Å²) < 4.78 is 32.4. The van der Waals surface area contributed by atoms with Gasteiger partial charge >= 0.3 is 0 Å². The number of hydrogen-bond acceptors (Lipinski definition) is 4. The van der Waals surface area contributed by atoms with Gasteiger partial charge in [0.1, 0.15) is 5.75 Å². The average Bonchev–Trinajstić information content (AvgIpc) is 2.57. The SMILES string of the molecule is CCOc1ccc(CCNS(=O)(=O)c2ccc(C(C)=O)cc2)cc1. The summed E-state index contributed by atoms with van der Waals surface area (Å²) in [5.74, 6) is 0.704. The topological polar surface area (TPSA) is 72.5 Å². The lowest BCUT2D eigenvalue weighted by molar-refractivity contribution is 0.101. The van der Waals surface area contributed by atoms with Crippen molar-refractivity contribution in [2.75, 3.05) is 13.2 Å². The maximum Gasteiger partial charge on any atom is 0.240 e. The van der Waals surface area contributed by atoms with Gasteiger partial charge in [-0.2, -0.15) is 0 Å². The minimum absolute atomic E-state index is 0.0950. The lowest BCUT2D eigenvalue weighted by Crippen LogP contribution is -2.26. The highest BCUT2D eigenvalue weighted by Crippen LogP contribution is 2.13. The molecule has 5 nitrogen and oxygen atoms in total. The van der Waals surface area contributed by atoms with Gasteiger partial charge in [-0.05, 0) is 50.1 Å². The Balaban J connectivity index is 1.93. The van der Waals surface area contributed by atoms with Crippen LogP contribution in [0, 0.1) is 0 Å². The second kappa shape index (κ2) is 8.08. The fourth-order valence-electron chi connectivity index (χ4n) is 2.20. The van der Waals surface area contributed by atoms with E-state index in [0.29, 0.717) is 25.1 Å². The molecule has 0 heterocycles. The van der Waals surface area contributed by atoms with Crippen LogP contribution in [0.25, 0.3) is 0 Å². The van der Waals surface area contributed by atoms with Crippen LogP contribution in [0.3, 0.4) is 0 Å². The molecule has 0 aliphatic rings. The number of sulfonamides is 1. The Kier molecular flexibility index (Phi) is 6.11. The number of ether oxygens (including phenoxy) is 1. The van der Waals surface area contributed by atoms with Crippen molar-refractivity contribution in [1.29, 1.82) is 0 Å². The molecule has 0 saturated heterocycles. The van der Waals surface area contributed by atoms with Gasteiger partial charge in [0.05, 0.1) is 11.5 Å². The first kappa shape index (κ1) is 18.2. The Labute approximate surface area is 142 Å². The van der Waals surface area contributed by atoms with Crippen LogP contribution in [0.1, 0.15) is 29.8 Å². The first-order valence-electron chi connectivity index (χ1n) is 7.75. The highest BCUT2D eigenvalue weighted by atomic mass is 32.2. The molecular weight excluding hydrogens is 326 g/mol. The van der Waals surface area contributed by atoms with E-state index in [-0.39, 0.29) is 10.7 Å². The van der Waals surface area contributed by atoms with Gasteiger partial charge in [-0.15, -0.1) is 0 Å². The van der Waals surface area contributed by atoms with Crippen LogP contribution >= 0.6 is 0 Å². The van der Waals surface area contributed by atoms with Crippen LogP contribution in [-0.4, -0.2) is 27.4 Å². The summed E-state index contributed by atoms with van der Waals surface area (Å²) in [7, 11) is -3.58. The third-order valence-corrected chi connectivity index (χ3v) is 4.99. The number of nitrogens with one attached hydrogen (secondary N) is 1. The first-order chi connectivity index (χ1) is 11.4. The van der Waals surface area contributed by atoms with Gasteiger partial charge in [-0.25, -0.2) is 13.1 Å². The van der Waals surface area contributed by atoms with Crippen molar-refractivity contribution in [3.63, 3.8) is 0 Å². The highest BCUT2D eigenvalue weighted by Gasteiger charge is 2.13. The number of rotatable bonds is 8. The molecule has 128 valence electrons. The smallest absolute Gasteiger partial charge is 0.240 e. The predicted molar refractivity (Wildman–Crippen MR) is 93.0 cm³/mol. The molecule has 0 aliphatic heterocycles. The number of ketones is 1. The molecule has 1 N–H and O–H groups in total. The Bertz CT molecular complexity index is 781. The van der Waals surface area contributed by atoms with Crippen LogP contribution in [0.5, 0.6) is 5.75 Å². The summed E-state index contributed by atoms with van der Waals surface area (Å²) in [6.45, 7) is 4.27. The van der Waals surface area contributed by atoms with Crippen LogP contribution < -0.4 is 9.46 Å². The van der Waals surface area contributed by atoms with E-state index in [0.717, 1.165) is 11.3 Å². The van der Waals surface area contributed by atoms with Gasteiger partial charge in [0.15, 0.2) is 5.78 Å². The van der Waals surface area contributed by atoms with E-state index in [4.69, 9.17) is 4.74 Å². The fraction of sp³-hybridized carbons (Fsp3) is 0.278. The number of hydrogen-bond donors (Lipinski definition) is 1. The molecule has 0 fully saturated rings. The van der Waals surface area contributed by atoms with Gasteiger partial charge in [-0.1, -0.05) is 24.3 Å². The van der Waals surface area contributed by atoms with Crippen molar-refractivity contribution in [2.45, 2.75) is 25.2 Å². The summed E-state index contributed by atoms with van der Waals surface area (Å²) >= 11 is 0. The predicted octanol–water partition coefficient (Wildman–Crippen LogP) is 2.81. The number of carbonyl (C=O) groups excluding carboxylic acids is 1. The molecule has 0 amide bonds. The van der Waals surface area contributed by atoms with Crippen molar-refractivity contribution in [3.8, 4) is 5.75 Å². The van der Waals surface area contributed by atoms with Crippen molar-refractivity contribution in [2.24, 2.45) is 0 Å². The largest absolute Gasteiger partial charge is 0.494 e. The molecule has 0 unspecified atom stereocenters. The molecule has 0 aliphatic carbocycles. The number of Topliss-reactive ketones (excluding diaryl/α,β-unsaturated/α-hetero) is 1. The van der Waals surface area contributed by atoms with Crippen LogP contribution in [0.15, 0.2) is 53.4 Å². The zero-order chi connectivity index (χ0) is 17.6. The van der Waals surface area contributed by atoms with E-state index < -0.39 is 10.0 Å². The van der Waals surface area contributed by atoms with Crippen LogP contribution in [-0.2, 0) is 16.4 Å². The van der Waals surface area contributed by atoms with Gasteiger partial charge in [-0.3, -0.25) is 4.79 Å². The van der Waals surface area contributed by atoms with Crippen LogP contribution in [0.2, 0.25) is 0 Å². The molecule has 0 saturated carbocycles. The van der Waals surface area contributed by atoms with Crippen molar-refractivity contribution in [1.82, 2.24) is 4.72 Å². The van der Waals surface area contributed by atoms with E-state index in [9.17, 15) is 13.2 Å². The third kappa shape index (κ3) is 4.91. The normalized spacial score (nSPS) is 11.2. The first-order valence-corrected chi connectivity index (χ1v) is 9.23. The Morgan fingerprint density at radius 1 is 1.04 bits per heavy atom. The summed E-state index contributed by atoms with van der Waals surface area (Å²) in [6.07, 6.45) is 0.581. The van der Waals surface area contributed by atoms with Crippen molar-refractivity contribution < 1.29 is 17.9 Å². The van der Waals surface area contributed by atoms with Crippen molar-refractivity contribution in [3.05, 3.63) is 59.7 Å². The highest BCUT2D eigenvalue weighted by molar-refractivity contribution is 7.89. The van der Waals surface area contributed by atoms with Gasteiger partial charge in [0.2, 0.25) is 10.0 Å². The Morgan fingerprint density at radius 3 is 2.21 bits per heavy atom. The third-order valence-electron chi connectivity index (χ3n) is 3.51. The van der Waals surface area contributed by atoms with E-state index in [2.05, 4.69) is 4.72 Å². The summed E-state index contributed by atoms with van der Waals surface area (Å²) in [4.78, 5) is 11.4. The van der Waals surface area contributed by atoms with Gasteiger partial charge in [0.25, 0.3) is 0 Å². The van der Waals surface area contributed by atoms with Gasteiger partial charge < -0.3 is 4.74 Å². The molecule has 0 atom stereocenters. The molecule has 0 radical (unpaired) electrons. The molecule has 0 aromatic heterocycles. The van der Waals surface area contributed by atoms with Crippen molar-refractivity contribution >= 4 is 15.8 Å². The lowest BCUT2D eigenvalue weighted by atomic mass is 10.1. The van der Waals surface area contributed by atoms with E-state index in [1.165, 1.54) is 31.2 Å². The Morgan fingerprint density at radius 2 is 1.67 bits per heavy atom. The quantitative estimate of drug-likeness (QED) is 0.745. The summed E-state index contributed by atoms with van der Waals surface area (Å²) in [6, 6.07) is 13.5. The molecule has 6 heteroatoms. The fourth-order valence-corrected chi connectivity index (χ4v) is 3.23. The van der Waals surface area contributed by atoms with E-state index in [1.807, 2.05) is 31.2 Å². The molecule has 0 bridgehead atoms. The zero-order valence-electron chi connectivity index (χ0n) is 13.8. The van der Waals surface area contributed by atoms with E-state index >= 15 is 0 Å². The standard InChI is InChI=1S/C18H21NO4S/c1-3-23-17-8-4-15(5-9-17)12-13-19-24(21,22)18-10-6-16(7-11-18)14(2)20/h4-11,19H,3,12-13H2,1-2H3. The van der Waals surface area contributed by atoms with Crippen LogP contribution in [0.4, 0.5) is 0 Å². The molecule has 2 aromatic carbocycles. The lowest BCUT2D eigenvalue weighted by Gasteiger charge is -2.08. The average molecular weight is 347 g/mol. The number of benzene rings is 2. The minimum Gasteiger partial charge on any atom is -0.494 e. The summed E-state index contributed by atoms with van der Waals surface area (Å²) in [5, 5.41) is 0. The van der Waals surface area contributed by atoms with Gasteiger partial charge in [0, 0.05) is 12.1 Å². The molecule has 0 spiro atoms. The maximum atomic E-state index is 12.2. The monoisotopic (exact) mass is 347 g/mol. The molecule has 2 rings (SSSR count). The minimum atomic E-state index is -3.58. The number of carbonyl (C=O) groups is 1. The molecule has 2 aromatic rings.